The average molecular weight is 402 g/mol. The molecule has 1 heterocycles. The van der Waals surface area contributed by atoms with E-state index in [0.29, 0.717) is 0 Å². The molecule has 0 radical (unpaired) electrons. The van der Waals surface area contributed by atoms with Gasteiger partial charge in [0.25, 0.3) is 0 Å². The number of hydrogen-bond acceptors (Lipinski definition) is 3. The van der Waals surface area contributed by atoms with Gasteiger partial charge in [0.2, 0.25) is 0 Å². The molecule has 5 heteroatoms. The van der Waals surface area contributed by atoms with Crippen LogP contribution in [0.5, 0.6) is 0 Å². The SMILES string of the molecule is CCN1CCN(CCCCNC(=NC)NCC(CC)(CC)c2ccccc2)CC1. The summed E-state index contributed by atoms with van der Waals surface area (Å²) in [5.74, 6) is 0.920. The van der Waals surface area contributed by atoms with Crippen LogP contribution in [0.1, 0.15) is 52.0 Å². The van der Waals surface area contributed by atoms with Gasteiger partial charge in [0.05, 0.1) is 0 Å². The van der Waals surface area contributed by atoms with Gasteiger partial charge in [-0.15, -0.1) is 0 Å². The summed E-state index contributed by atoms with van der Waals surface area (Å²) in [7, 11) is 1.87. The van der Waals surface area contributed by atoms with Crippen molar-refractivity contribution in [1.82, 2.24) is 20.4 Å². The van der Waals surface area contributed by atoms with E-state index in [0.717, 1.165) is 31.9 Å². The summed E-state index contributed by atoms with van der Waals surface area (Å²) in [4.78, 5) is 9.58. The summed E-state index contributed by atoms with van der Waals surface area (Å²) in [6, 6.07) is 10.9. The van der Waals surface area contributed by atoms with Crippen LogP contribution in [-0.4, -0.2) is 75.2 Å². The molecule has 1 aliphatic heterocycles. The van der Waals surface area contributed by atoms with Crippen LogP contribution in [0, 0.1) is 0 Å². The Morgan fingerprint density at radius 3 is 2.17 bits per heavy atom. The lowest BCUT2D eigenvalue weighted by Gasteiger charge is -2.34. The number of piperazine rings is 1. The van der Waals surface area contributed by atoms with Crippen molar-refractivity contribution >= 4 is 5.96 Å². The van der Waals surface area contributed by atoms with Crippen molar-refractivity contribution in [2.24, 2.45) is 4.99 Å². The van der Waals surface area contributed by atoms with Gasteiger partial charge in [-0.3, -0.25) is 4.99 Å². The maximum absolute atomic E-state index is 4.44. The third kappa shape index (κ3) is 7.31. The normalized spacial score (nSPS) is 16.8. The van der Waals surface area contributed by atoms with Crippen LogP contribution in [0.2, 0.25) is 0 Å². The highest BCUT2D eigenvalue weighted by molar-refractivity contribution is 5.79. The van der Waals surface area contributed by atoms with E-state index in [4.69, 9.17) is 0 Å². The molecule has 0 unspecified atom stereocenters. The molecule has 0 aliphatic carbocycles. The van der Waals surface area contributed by atoms with Gasteiger partial charge in [0, 0.05) is 51.7 Å². The molecule has 0 saturated carbocycles. The first kappa shape index (κ1) is 23.7. The largest absolute Gasteiger partial charge is 0.356 e. The Hall–Kier alpha value is -1.59. The number of guanidine groups is 1. The highest BCUT2D eigenvalue weighted by Crippen LogP contribution is 2.30. The number of nitrogens with one attached hydrogen (secondary N) is 2. The summed E-state index contributed by atoms with van der Waals surface area (Å²) < 4.78 is 0. The zero-order valence-electron chi connectivity index (χ0n) is 19.2. The van der Waals surface area contributed by atoms with Crippen molar-refractivity contribution in [3.63, 3.8) is 0 Å². The van der Waals surface area contributed by atoms with E-state index in [1.807, 2.05) is 7.05 Å². The molecule has 2 N–H and O–H groups in total. The molecule has 1 fully saturated rings. The van der Waals surface area contributed by atoms with Gasteiger partial charge >= 0.3 is 0 Å². The molecule has 164 valence electrons. The van der Waals surface area contributed by atoms with Crippen molar-refractivity contribution in [3.8, 4) is 0 Å². The Balaban J connectivity index is 1.69. The molecule has 0 aromatic heterocycles. The fourth-order valence-corrected chi connectivity index (χ4v) is 4.27. The molecule has 5 nitrogen and oxygen atoms in total. The van der Waals surface area contributed by atoms with Crippen LogP contribution in [0.4, 0.5) is 0 Å². The van der Waals surface area contributed by atoms with Gasteiger partial charge in [-0.25, -0.2) is 0 Å². The van der Waals surface area contributed by atoms with Crippen molar-refractivity contribution < 1.29 is 0 Å². The standard InChI is InChI=1S/C24H43N5/c1-5-24(6-2,22-13-9-8-10-14-22)21-27-23(25-4)26-15-11-12-16-29-19-17-28(7-3)18-20-29/h8-10,13-14H,5-7,11-12,15-21H2,1-4H3,(H2,25,26,27). The first-order valence-electron chi connectivity index (χ1n) is 11.6. The maximum Gasteiger partial charge on any atom is 0.191 e. The molecule has 0 bridgehead atoms. The van der Waals surface area contributed by atoms with Crippen molar-refractivity contribution in [2.75, 3.05) is 59.4 Å². The van der Waals surface area contributed by atoms with Crippen molar-refractivity contribution in [1.29, 1.82) is 0 Å². The van der Waals surface area contributed by atoms with E-state index in [1.54, 1.807) is 0 Å². The molecule has 2 rings (SSSR count). The monoisotopic (exact) mass is 401 g/mol. The molecular weight excluding hydrogens is 358 g/mol. The number of benzene rings is 1. The molecule has 1 aromatic rings. The Morgan fingerprint density at radius 2 is 1.59 bits per heavy atom. The lowest BCUT2D eigenvalue weighted by Crippen LogP contribution is -2.46. The van der Waals surface area contributed by atoms with Gasteiger partial charge in [-0.05, 0) is 44.3 Å². The molecule has 0 atom stereocenters. The van der Waals surface area contributed by atoms with Gasteiger partial charge < -0.3 is 20.4 Å². The van der Waals surface area contributed by atoms with Crippen LogP contribution in [0.3, 0.4) is 0 Å². The number of unbranched alkanes of at least 4 members (excludes halogenated alkanes) is 1. The van der Waals surface area contributed by atoms with Crippen LogP contribution >= 0.6 is 0 Å². The summed E-state index contributed by atoms with van der Waals surface area (Å²) in [5.41, 5.74) is 1.57. The molecular formula is C24H43N5. The molecule has 1 aliphatic rings. The second-order valence-corrected chi connectivity index (χ2v) is 8.19. The fourth-order valence-electron chi connectivity index (χ4n) is 4.27. The Labute approximate surface area is 179 Å². The minimum Gasteiger partial charge on any atom is -0.356 e. The third-order valence-electron chi connectivity index (χ3n) is 6.66. The molecule has 1 aromatic carbocycles. The van der Waals surface area contributed by atoms with E-state index < -0.39 is 0 Å². The summed E-state index contributed by atoms with van der Waals surface area (Å²) >= 11 is 0. The second-order valence-electron chi connectivity index (χ2n) is 8.19. The van der Waals surface area contributed by atoms with Gasteiger partial charge in [0.1, 0.15) is 0 Å². The van der Waals surface area contributed by atoms with E-state index in [1.165, 1.54) is 57.7 Å². The predicted octanol–water partition coefficient (Wildman–Crippen LogP) is 3.33. The first-order chi connectivity index (χ1) is 14.2. The number of hydrogen-bond donors (Lipinski definition) is 2. The minimum atomic E-state index is 0.152. The van der Waals surface area contributed by atoms with Gasteiger partial charge in [-0.2, -0.15) is 0 Å². The Bertz CT molecular complexity index is 574. The molecule has 0 spiro atoms. The zero-order valence-corrected chi connectivity index (χ0v) is 19.2. The smallest absolute Gasteiger partial charge is 0.191 e. The van der Waals surface area contributed by atoms with Crippen LogP contribution in [0.15, 0.2) is 35.3 Å². The number of aliphatic imine (C=N–C) groups is 1. The Kier molecular flexibility index (Phi) is 10.5. The van der Waals surface area contributed by atoms with Crippen molar-refractivity contribution in [2.45, 2.75) is 51.9 Å². The topological polar surface area (TPSA) is 42.9 Å². The fraction of sp³-hybridized carbons (Fsp3) is 0.708. The average Bonchev–Trinajstić information content (AvgIpc) is 2.79. The zero-order chi connectivity index (χ0) is 21.0. The van der Waals surface area contributed by atoms with E-state index in [2.05, 4.69) is 76.5 Å². The molecule has 1 saturated heterocycles. The van der Waals surface area contributed by atoms with Gasteiger partial charge in [0.15, 0.2) is 5.96 Å². The first-order valence-corrected chi connectivity index (χ1v) is 11.6. The minimum absolute atomic E-state index is 0.152. The second kappa shape index (κ2) is 12.9. The van der Waals surface area contributed by atoms with E-state index >= 15 is 0 Å². The van der Waals surface area contributed by atoms with Crippen LogP contribution in [0.25, 0.3) is 0 Å². The van der Waals surface area contributed by atoms with Gasteiger partial charge in [-0.1, -0.05) is 51.1 Å². The summed E-state index contributed by atoms with van der Waals surface area (Å²) in [5, 5.41) is 7.09. The highest BCUT2D eigenvalue weighted by atomic mass is 15.3. The summed E-state index contributed by atoms with van der Waals surface area (Å²) in [6.07, 6.45) is 4.65. The molecule has 0 amide bonds. The van der Waals surface area contributed by atoms with E-state index in [-0.39, 0.29) is 5.41 Å². The van der Waals surface area contributed by atoms with E-state index in [9.17, 15) is 0 Å². The third-order valence-corrected chi connectivity index (χ3v) is 6.66. The lowest BCUT2D eigenvalue weighted by atomic mass is 9.76. The maximum atomic E-state index is 4.44. The Morgan fingerprint density at radius 1 is 0.931 bits per heavy atom. The number of rotatable bonds is 11. The summed E-state index contributed by atoms with van der Waals surface area (Å²) in [6.45, 7) is 16.0. The number of likely N-dealkylation sites (N-methyl/N-ethyl adjacent to an activating group) is 1. The predicted molar refractivity (Wildman–Crippen MR) is 126 cm³/mol. The molecule has 29 heavy (non-hydrogen) atoms. The number of nitrogens with zero attached hydrogens (tertiary/aromatic N) is 3. The van der Waals surface area contributed by atoms with Crippen molar-refractivity contribution in [3.05, 3.63) is 35.9 Å². The quantitative estimate of drug-likeness (QED) is 0.339. The lowest BCUT2D eigenvalue weighted by molar-refractivity contribution is 0.136. The van der Waals surface area contributed by atoms with Crippen LogP contribution in [-0.2, 0) is 5.41 Å². The highest BCUT2D eigenvalue weighted by Gasteiger charge is 2.28. The van der Waals surface area contributed by atoms with Crippen LogP contribution < -0.4 is 10.6 Å².